The summed E-state index contributed by atoms with van der Waals surface area (Å²) in [5.74, 6) is 0.114. The van der Waals surface area contributed by atoms with Gasteiger partial charge in [-0.05, 0) is 24.1 Å². The van der Waals surface area contributed by atoms with Gasteiger partial charge in [-0.2, -0.15) is 5.10 Å². The first kappa shape index (κ1) is 16.4. The van der Waals surface area contributed by atoms with Crippen LogP contribution < -0.4 is 10.7 Å². The van der Waals surface area contributed by atoms with Gasteiger partial charge in [-0.15, -0.1) is 0 Å². The number of hydrogen-bond acceptors (Lipinski definition) is 4. The Hall–Kier alpha value is -2.41. The van der Waals surface area contributed by atoms with Crippen LogP contribution in [0.3, 0.4) is 0 Å². The predicted molar refractivity (Wildman–Crippen MR) is 94.9 cm³/mol. The molecule has 1 atom stereocenters. The summed E-state index contributed by atoms with van der Waals surface area (Å²) in [6.07, 6.45) is 0.446. The van der Waals surface area contributed by atoms with Crippen molar-refractivity contribution in [3.05, 3.63) is 48.0 Å². The summed E-state index contributed by atoms with van der Waals surface area (Å²) < 4.78 is 22.8. The number of amides is 2. The van der Waals surface area contributed by atoms with Crippen LogP contribution >= 0.6 is 0 Å². The van der Waals surface area contributed by atoms with Crippen LogP contribution in [0.15, 0.2) is 47.6 Å². The third-order valence-corrected chi connectivity index (χ3v) is 5.84. The molecule has 0 aliphatic carbocycles. The molecule has 126 valence electrons. The van der Waals surface area contributed by atoms with Gasteiger partial charge in [0.15, 0.2) is 9.84 Å². The molecule has 0 spiro atoms. The molecule has 1 fully saturated rings. The first-order chi connectivity index (χ1) is 11.4. The quantitative estimate of drug-likeness (QED) is 0.659. The maximum absolute atomic E-state index is 11.9. The van der Waals surface area contributed by atoms with Crippen LogP contribution in [0.1, 0.15) is 18.9 Å². The van der Waals surface area contributed by atoms with Crippen molar-refractivity contribution in [2.75, 3.05) is 11.5 Å². The van der Waals surface area contributed by atoms with Crippen LogP contribution in [0.5, 0.6) is 0 Å². The summed E-state index contributed by atoms with van der Waals surface area (Å²) in [4.78, 5) is 11.9. The van der Waals surface area contributed by atoms with E-state index in [1.807, 2.05) is 49.4 Å². The van der Waals surface area contributed by atoms with Crippen molar-refractivity contribution >= 4 is 32.4 Å². The Morgan fingerprint density at radius 2 is 1.92 bits per heavy atom. The van der Waals surface area contributed by atoms with Crippen molar-refractivity contribution in [3.63, 3.8) is 0 Å². The zero-order valence-electron chi connectivity index (χ0n) is 13.3. The van der Waals surface area contributed by atoms with E-state index in [1.54, 1.807) is 0 Å². The molecule has 2 amide bonds. The molecule has 1 aliphatic heterocycles. The number of carbonyl (C=O) groups is 1. The second-order valence-corrected chi connectivity index (χ2v) is 8.14. The van der Waals surface area contributed by atoms with Gasteiger partial charge in [-0.3, -0.25) is 0 Å². The van der Waals surface area contributed by atoms with Crippen molar-refractivity contribution in [2.45, 2.75) is 19.4 Å². The summed E-state index contributed by atoms with van der Waals surface area (Å²) in [7, 11) is -3.02. The maximum Gasteiger partial charge on any atom is 0.335 e. The fourth-order valence-electron chi connectivity index (χ4n) is 2.86. The van der Waals surface area contributed by atoms with Gasteiger partial charge in [0.2, 0.25) is 0 Å². The number of urea groups is 1. The average Bonchev–Trinajstić information content (AvgIpc) is 2.90. The van der Waals surface area contributed by atoms with Crippen molar-refractivity contribution in [2.24, 2.45) is 5.10 Å². The first-order valence-corrected chi connectivity index (χ1v) is 9.56. The highest BCUT2D eigenvalue weighted by Gasteiger charge is 2.28. The highest BCUT2D eigenvalue weighted by Crippen LogP contribution is 2.19. The molecule has 2 aromatic carbocycles. The van der Waals surface area contributed by atoms with E-state index in [1.165, 1.54) is 0 Å². The molecule has 0 bridgehead atoms. The van der Waals surface area contributed by atoms with E-state index in [2.05, 4.69) is 15.8 Å². The minimum atomic E-state index is -3.02. The average molecular weight is 345 g/mol. The van der Waals surface area contributed by atoms with Crippen LogP contribution in [0, 0.1) is 0 Å². The van der Waals surface area contributed by atoms with E-state index in [4.69, 9.17) is 0 Å². The third kappa shape index (κ3) is 3.73. The number of fused-ring (bicyclic) bond motifs is 1. The second-order valence-electron chi connectivity index (χ2n) is 5.91. The number of nitrogens with zero attached hydrogens (tertiary/aromatic N) is 1. The Morgan fingerprint density at radius 3 is 2.67 bits per heavy atom. The van der Waals surface area contributed by atoms with E-state index < -0.39 is 15.9 Å². The lowest BCUT2D eigenvalue weighted by Crippen LogP contribution is -2.41. The first-order valence-electron chi connectivity index (χ1n) is 7.74. The number of benzene rings is 2. The Labute approximate surface area is 140 Å². The van der Waals surface area contributed by atoms with Gasteiger partial charge in [0.1, 0.15) is 0 Å². The zero-order valence-corrected chi connectivity index (χ0v) is 14.1. The molecule has 2 N–H and O–H groups in total. The number of hydrazone groups is 1. The molecular formula is C17H19N3O3S. The molecule has 1 aliphatic rings. The van der Waals surface area contributed by atoms with Crippen molar-refractivity contribution in [1.29, 1.82) is 0 Å². The molecule has 1 heterocycles. The van der Waals surface area contributed by atoms with Crippen LogP contribution in [0.2, 0.25) is 0 Å². The number of hydrogen-bond donors (Lipinski definition) is 2. The number of carbonyl (C=O) groups excluding carboxylic acids is 1. The van der Waals surface area contributed by atoms with Gasteiger partial charge in [0.05, 0.1) is 17.2 Å². The predicted octanol–water partition coefficient (Wildman–Crippen LogP) is 2.05. The van der Waals surface area contributed by atoms with Gasteiger partial charge < -0.3 is 5.32 Å². The summed E-state index contributed by atoms with van der Waals surface area (Å²) in [6, 6.07) is 13.0. The highest BCUT2D eigenvalue weighted by atomic mass is 32.2. The number of nitrogens with one attached hydrogen (secondary N) is 2. The minimum Gasteiger partial charge on any atom is -0.333 e. The normalized spacial score (nSPS) is 20.0. The maximum atomic E-state index is 11.9. The Bertz CT molecular complexity index is 901. The van der Waals surface area contributed by atoms with Gasteiger partial charge in [0, 0.05) is 11.6 Å². The molecule has 1 saturated heterocycles. The van der Waals surface area contributed by atoms with Crippen molar-refractivity contribution in [1.82, 2.24) is 10.7 Å². The van der Waals surface area contributed by atoms with Gasteiger partial charge in [0.25, 0.3) is 0 Å². The van der Waals surface area contributed by atoms with Crippen LogP contribution in [0.4, 0.5) is 4.79 Å². The molecular weight excluding hydrogens is 326 g/mol. The molecule has 0 aromatic heterocycles. The number of rotatable bonds is 3. The standard InChI is InChI=1S/C17H19N3O3S/c1-12(15-8-4-6-13-5-2-3-7-16(13)15)19-20-17(21)18-14-9-10-24(22,23)11-14/h2-8,14H,9-11H2,1H3,(H2,18,20,21)/b19-12+. The van der Waals surface area contributed by atoms with E-state index in [-0.39, 0.29) is 17.5 Å². The van der Waals surface area contributed by atoms with Crippen molar-refractivity contribution < 1.29 is 13.2 Å². The lowest BCUT2D eigenvalue weighted by Gasteiger charge is -2.11. The zero-order chi connectivity index (χ0) is 17.2. The second kappa shape index (κ2) is 6.60. The summed E-state index contributed by atoms with van der Waals surface area (Å²) in [6.45, 7) is 1.82. The molecule has 2 aromatic rings. The fourth-order valence-corrected chi connectivity index (χ4v) is 4.54. The third-order valence-electron chi connectivity index (χ3n) is 4.07. The molecule has 7 heteroatoms. The van der Waals surface area contributed by atoms with E-state index in [0.717, 1.165) is 16.3 Å². The minimum absolute atomic E-state index is 0.00750. The summed E-state index contributed by atoms with van der Waals surface area (Å²) in [5.41, 5.74) is 4.07. The van der Waals surface area contributed by atoms with E-state index in [0.29, 0.717) is 12.1 Å². The molecule has 24 heavy (non-hydrogen) atoms. The topological polar surface area (TPSA) is 87.6 Å². The van der Waals surface area contributed by atoms with Crippen molar-refractivity contribution in [3.8, 4) is 0 Å². The fraction of sp³-hybridized carbons (Fsp3) is 0.294. The lowest BCUT2D eigenvalue weighted by molar-refractivity contribution is 0.238. The Kier molecular flexibility index (Phi) is 4.53. The van der Waals surface area contributed by atoms with Crippen LogP contribution in [0.25, 0.3) is 10.8 Å². The SMILES string of the molecule is C/C(=N\NC(=O)NC1CCS(=O)(=O)C1)c1cccc2ccccc12. The van der Waals surface area contributed by atoms with Gasteiger partial charge >= 0.3 is 6.03 Å². The number of sulfone groups is 1. The van der Waals surface area contributed by atoms with Crippen LogP contribution in [-0.4, -0.2) is 37.7 Å². The Morgan fingerprint density at radius 1 is 1.17 bits per heavy atom. The van der Waals surface area contributed by atoms with Gasteiger partial charge in [-0.1, -0.05) is 42.5 Å². The lowest BCUT2D eigenvalue weighted by atomic mass is 10.0. The van der Waals surface area contributed by atoms with E-state index in [9.17, 15) is 13.2 Å². The monoisotopic (exact) mass is 345 g/mol. The molecule has 6 nitrogen and oxygen atoms in total. The van der Waals surface area contributed by atoms with E-state index >= 15 is 0 Å². The smallest absolute Gasteiger partial charge is 0.333 e. The molecule has 3 rings (SSSR count). The molecule has 1 unspecified atom stereocenters. The summed E-state index contributed by atoms with van der Waals surface area (Å²) >= 11 is 0. The highest BCUT2D eigenvalue weighted by molar-refractivity contribution is 7.91. The van der Waals surface area contributed by atoms with Crippen LogP contribution in [-0.2, 0) is 9.84 Å². The Balaban J connectivity index is 1.68. The molecule has 0 radical (unpaired) electrons. The van der Waals surface area contributed by atoms with Gasteiger partial charge in [-0.25, -0.2) is 18.6 Å². The largest absolute Gasteiger partial charge is 0.335 e. The summed E-state index contributed by atoms with van der Waals surface area (Å²) in [5, 5.41) is 8.93. The molecule has 0 saturated carbocycles.